The molecule has 19 nitrogen and oxygen atoms in total. The highest BCUT2D eigenvalue weighted by molar-refractivity contribution is 5.75. The van der Waals surface area contributed by atoms with E-state index in [1.54, 1.807) is 0 Å². The first-order valence-electron chi connectivity index (χ1n) is 14.9. The zero-order chi connectivity index (χ0) is 33.3. The van der Waals surface area contributed by atoms with E-state index in [2.05, 4.69) is 5.32 Å². The van der Waals surface area contributed by atoms with Crippen molar-refractivity contribution in [3.05, 3.63) is 0 Å². The van der Waals surface area contributed by atoms with Crippen LogP contribution in [0.3, 0.4) is 0 Å². The summed E-state index contributed by atoms with van der Waals surface area (Å²) in [5.41, 5.74) is 5.44. The van der Waals surface area contributed by atoms with Gasteiger partial charge in [0.25, 0.3) is 0 Å². The normalized spacial score (nSPS) is 42.4. The number of aliphatic hydroxyl groups is 10. The molecule has 15 unspecified atom stereocenters. The molecule has 3 aliphatic heterocycles. The Kier molecular flexibility index (Phi) is 15.6. The van der Waals surface area contributed by atoms with Gasteiger partial charge in [0.2, 0.25) is 5.91 Å². The highest BCUT2D eigenvalue weighted by atomic mass is 16.7. The van der Waals surface area contributed by atoms with Gasteiger partial charge in [0, 0.05) is 13.0 Å². The number of aliphatic hydroxyl groups excluding tert-OH is 10. The molecule has 3 saturated heterocycles. The Labute approximate surface area is 259 Å². The summed E-state index contributed by atoms with van der Waals surface area (Å²) in [5.74, 6) is -0.231. The average Bonchev–Trinajstić information content (AvgIpc) is 3.03. The molecular formula is C26H48N2O17. The second-order valence-corrected chi connectivity index (χ2v) is 11.2. The Morgan fingerprint density at radius 2 is 1.20 bits per heavy atom. The minimum Gasteiger partial charge on any atom is -0.394 e. The number of rotatable bonds is 16. The standard InChI is InChI=1S/C26H48N2O17/c27-5-3-1-2-4-14(31)28-6-7-40-25-22(39)23(45-26-21(38)19(36)16(33)12(9-30)43-26)17(34)13(44-25)10-41-24-20(37)18(35)15(32)11(8-29)42-24/h11-13,15-26,29-30,32-39H,1-10,27H2,(H,28,31). The zero-order valence-corrected chi connectivity index (χ0v) is 24.6. The Morgan fingerprint density at radius 1 is 0.644 bits per heavy atom. The van der Waals surface area contributed by atoms with Crippen molar-refractivity contribution >= 4 is 5.91 Å². The molecule has 0 spiro atoms. The quantitative estimate of drug-likeness (QED) is 0.0684. The first-order chi connectivity index (χ1) is 21.4. The van der Waals surface area contributed by atoms with Crippen LogP contribution in [0.1, 0.15) is 25.7 Å². The number of nitrogens with one attached hydrogen (secondary N) is 1. The van der Waals surface area contributed by atoms with Crippen molar-refractivity contribution in [3.8, 4) is 0 Å². The van der Waals surface area contributed by atoms with E-state index < -0.39 is 112 Å². The molecule has 0 aromatic carbocycles. The number of hydrogen-bond donors (Lipinski definition) is 12. The van der Waals surface area contributed by atoms with E-state index in [4.69, 9.17) is 34.2 Å². The monoisotopic (exact) mass is 660 g/mol. The summed E-state index contributed by atoms with van der Waals surface area (Å²) in [7, 11) is 0. The molecule has 13 N–H and O–H groups in total. The Bertz CT molecular complexity index is 873. The fraction of sp³-hybridized carbons (Fsp3) is 0.962. The van der Waals surface area contributed by atoms with Crippen LogP contribution in [0, 0.1) is 0 Å². The molecule has 264 valence electrons. The summed E-state index contributed by atoms with van der Waals surface area (Å²) >= 11 is 0. The molecule has 0 bridgehead atoms. The van der Waals surface area contributed by atoms with Crippen LogP contribution in [0.15, 0.2) is 0 Å². The van der Waals surface area contributed by atoms with Crippen LogP contribution in [0.5, 0.6) is 0 Å². The van der Waals surface area contributed by atoms with E-state index in [-0.39, 0.29) is 25.5 Å². The maximum absolute atomic E-state index is 12.0. The molecule has 0 aromatic rings. The minimum absolute atomic E-state index is 0.0229. The second kappa shape index (κ2) is 18.4. The van der Waals surface area contributed by atoms with Crippen LogP contribution < -0.4 is 11.1 Å². The summed E-state index contributed by atoms with van der Waals surface area (Å²) in [4.78, 5) is 12.0. The summed E-state index contributed by atoms with van der Waals surface area (Å²) in [5, 5.41) is 105. The first-order valence-corrected chi connectivity index (χ1v) is 14.9. The molecule has 0 aliphatic carbocycles. The number of hydrogen-bond acceptors (Lipinski definition) is 18. The molecule has 0 saturated carbocycles. The topological polar surface area (TPSA) is 313 Å². The van der Waals surface area contributed by atoms with Gasteiger partial charge in [-0.25, -0.2) is 0 Å². The SMILES string of the molecule is NCCCCCC(=O)NCCOC1OC(COC2OC(CO)C(O)C(O)C2O)C(O)C(OC2OC(CO)C(O)C(O)C2O)C1O. The molecule has 3 heterocycles. The number of carbonyl (C=O) groups excluding carboxylic acids is 1. The lowest BCUT2D eigenvalue weighted by Gasteiger charge is -2.46. The Hall–Kier alpha value is -1.21. The van der Waals surface area contributed by atoms with Crippen LogP contribution in [0.4, 0.5) is 0 Å². The first kappa shape index (κ1) is 38.2. The lowest BCUT2D eigenvalue weighted by atomic mass is 9.96. The third-order valence-electron chi connectivity index (χ3n) is 7.87. The van der Waals surface area contributed by atoms with Gasteiger partial charge in [0.15, 0.2) is 18.9 Å². The summed E-state index contributed by atoms with van der Waals surface area (Å²) in [6, 6.07) is 0. The Morgan fingerprint density at radius 3 is 1.80 bits per heavy atom. The maximum atomic E-state index is 12.0. The van der Waals surface area contributed by atoms with E-state index in [1.807, 2.05) is 0 Å². The van der Waals surface area contributed by atoms with Crippen LogP contribution in [0.2, 0.25) is 0 Å². The average molecular weight is 661 g/mol. The third kappa shape index (κ3) is 9.90. The molecular weight excluding hydrogens is 612 g/mol. The van der Waals surface area contributed by atoms with Crippen molar-refractivity contribution in [3.63, 3.8) is 0 Å². The molecule has 3 fully saturated rings. The Balaban J connectivity index is 1.68. The smallest absolute Gasteiger partial charge is 0.220 e. The van der Waals surface area contributed by atoms with Crippen molar-refractivity contribution in [2.75, 3.05) is 39.5 Å². The largest absolute Gasteiger partial charge is 0.394 e. The number of amides is 1. The predicted molar refractivity (Wildman–Crippen MR) is 146 cm³/mol. The van der Waals surface area contributed by atoms with Gasteiger partial charge in [-0.05, 0) is 19.4 Å². The van der Waals surface area contributed by atoms with Gasteiger partial charge in [0.1, 0.15) is 73.2 Å². The van der Waals surface area contributed by atoms with Crippen LogP contribution in [-0.4, -0.2) is 189 Å². The van der Waals surface area contributed by atoms with Crippen molar-refractivity contribution < 1.29 is 84.3 Å². The van der Waals surface area contributed by atoms with Crippen molar-refractivity contribution in [2.24, 2.45) is 5.73 Å². The number of unbranched alkanes of at least 4 members (excludes halogenated alkanes) is 2. The number of ether oxygens (including phenoxy) is 6. The molecule has 3 aliphatic rings. The lowest BCUT2D eigenvalue weighted by molar-refractivity contribution is -0.366. The summed E-state index contributed by atoms with van der Waals surface area (Å²) in [6.07, 6.45) is -22.1. The molecule has 0 radical (unpaired) electrons. The third-order valence-corrected chi connectivity index (χ3v) is 7.87. The van der Waals surface area contributed by atoms with Gasteiger partial charge in [-0.3, -0.25) is 4.79 Å². The van der Waals surface area contributed by atoms with Crippen molar-refractivity contribution in [1.29, 1.82) is 0 Å². The molecule has 15 atom stereocenters. The highest BCUT2D eigenvalue weighted by Crippen LogP contribution is 2.31. The van der Waals surface area contributed by atoms with Gasteiger partial charge in [-0.1, -0.05) is 6.42 Å². The number of nitrogens with two attached hydrogens (primary N) is 1. The predicted octanol–water partition coefficient (Wildman–Crippen LogP) is -6.91. The van der Waals surface area contributed by atoms with Gasteiger partial charge >= 0.3 is 0 Å². The lowest BCUT2D eigenvalue weighted by Crippen LogP contribution is -2.65. The van der Waals surface area contributed by atoms with Gasteiger partial charge < -0.3 is 90.5 Å². The zero-order valence-electron chi connectivity index (χ0n) is 24.6. The molecule has 1 amide bonds. The van der Waals surface area contributed by atoms with Gasteiger partial charge in [-0.2, -0.15) is 0 Å². The molecule has 45 heavy (non-hydrogen) atoms. The number of carbonyl (C=O) groups is 1. The van der Waals surface area contributed by atoms with E-state index >= 15 is 0 Å². The van der Waals surface area contributed by atoms with Crippen LogP contribution in [-0.2, 0) is 33.2 Å². The van der Waals surface area contributed by atoms with Crippen LogP contribution in [0.25, 0.3) is 0 Å². The van der Waals surface area contributed by atoms with Crippen molar-refractivity contribution in [2.45, 2.75) is 118 Å². The van der Waals surface area contributed by atoms with Gasteiger partial charge in [0.05, 0.1) is 26.4 Å². The van der Waals surface area contributed by atoms with E-state index in [9.17, 15) is 55.9 Å². The van der Waals surface area contributed by atoms with E-state index in [0.29, 0.717) is 13.0 Å². The summed E-state index contributed by atoms with van der Waals surface area (Å²) < 4.78 is 33.0. The fourth-order valence-corrected chi connectivity index (χ4v) is 5.13. The van der Waals surface area contributed by atoms with Crippen LogP contribution >= 0.6 is 0 Å². The second-order valence-electron chi connectivity index (χ2n) is 11.2. The summed E-state index contributed by atoms with van der Waals surface area (Å²) in [6.45, 7) is -1.68. The molecule has 3 rings (SSSR count). The van der Waals surface area contributed by atoms with Gasteiger partial charge in [-0.15, -0.1) is 0 Å². The van der Waals surface area contributed by atoms with E-state index in [0.717, 1.165) is 12.8 Å². The van der Waals surface area contributed by atoms with Crippen molar-refractivity contribution in [1.82, 2.24) is 5.32 Å². The highest BCUT2D eigenvalue weighted by Gasteiger charge is 2.52. The fourth-order valence-electron chi connectivity index (χ4n) is 5.13. The van der Waals surface area contributed by atoms with E-state index in [1.165, 1.54) is 0 Å². The molecule has 19 heteroatoms. The molecule has 0 aromatic heterocycles. The maximum Gasteiger partial charge on any atom is 0.220 e. The minimum atomic E-state index is -1.87.